The lowest BCUT2D eigenvalue weighted by molar-refractivity contribution is -0.141. The third-order valence-electron chi connectivity index (χ3n) is 3.30. The number of esters is 1. The Kier molecular flexibility index (Phi) is 5.53. The lowest BCUT2D eigenvalue weighted by atomic mass is 10.1. The van der Waals surface area contributed by atoms with Gasteiger partial charge in [-0.3, -0.25) is 4.79 Å². The molecule has 0 fully saturated rings. The van der Waals surface area contributed by atoms with E-state index < -0.39 is 12.0 Å². The zero-order valence-corrected chi connectivity index (χ0v) is 13.4. The highest BCUT2D eigenvalue weighted by molar-refractivity contribution is 5.89. The highest BCUT2D eigenvalue weighted by atomic mass is 16.5. The number of carbonyl (C=O) groups is 2. The van der Waals surface area contributed by atoms with E-state index in [9.17, 15) is 9.59 Å². The Morgan fingerprint density at radius 3 is 2.42 bits per heavy atom. The molecule has 122 valence electrons. The Morgan fingerprint density at radius 1 is 1.12 bits per heavy atom. The van der Waals surface area contributed by atoms with E-state index in [1.54, 1.807) is 48.5 Å². The molecule has 2 aromatic rings. The van der Waals surface area contributed by atoms with Crippen molar-refractivity contribution in [1.29, 1.82) is 5.26 Å². The first kappa shape index (κ1) is 17.0. The molecule has 1 atom stereocenters. The summed E-state index contributed by atoms with van der Waals surface area (Å²) in [4.78, 5) is 23.3. The second kappa shape index (κ2) is 7.79. The minimum atomic E-state index is -0.739. The van der Waals surface area contributed by atoms with E-state index in [-0.39, 0.29) is 5.91 Å². The van der Waals surface area contributed by atoms with Crippen molar-refractivity contribution in [3.63, 3.8) is 0 Å². The van der Waals surface area contributed by atoms with Crippen molar-refractivity contribution >= 4 is 23.3 Å². The summed E-state index contributed by atoms with van der Waals surface area (Å²) in [5, 5.41) is 14.6. The van der Waals surface area contributed by atoms with E-state index in [1.165, 1.54) is 14.0 Å². The van der Waals surface area contributed by atoms with Crippen LogP contribution < -0.4 is 10.6 Å². The van der Waals surface area contributed by atoms with Crippen LogP contribution in [-0.2, 0) is 14.3 Å². The van der Waals surface area contributed by atoms with Crippen molar-refractivity contribution in [2.24, 2.45) is 0 Å². The third-order valence-corrected chi connectivity index (χ3v) is 3.30. The maximum absolute atomic E-state index is 12.1. The highest BCUT2D eigenvalue weighted by Gasteiger charge is 2.21. The van der Waals surface area contributed by atoms with Crippen LogP contribution >= 0.6 is 0 Å². The van der Waals surface area contributed by atoms with Crippen molar-refractivity contribution in [2.75, 3.05) is 17.7 Å². The van der Waals surface area contributed by atoms with Crippen LogP contribution in [0.1, 0.15) is 24.1 Å². The molecule has 0 aliphatic rings. The molecular weight excluding hydrogens is 306 g/mol. The van der Waals surface area contributed by atoms with Crippen molar-refractivity contribution < 1.29 is 14.3 Å². The molecule has 2 aromatic carbocycles. The van der Waals surface area contributed by atoms with Crippen LogP contribution in [0.3, 0.4) is 0 Å². The topological polar surface area (TPSA) is 91.2 Å². The van der Waals surface area contributed by atoms with Crippen LogP contribution in [0.25, 0.3) is 0 Å². The quantitative estimate of drug-likeness (QED) is 0.826. The number of nitrogens with one attached hydrogen (secondary N) is 2. The molecule has 0 aromatic heterocycles. The van der Waals surface area contributed by atoms with E-state index in [1.807, 2.05) is 6.07 Å². The predicted octanol–water partition coefficient (Wildman–Crippen LogP) is 2.84. The van der Waals surface area contributed by atoms with Crippen LogP contribution in [0.15, 0.2) is 48.5 Å². The number of amides is 1. The number of hydrogen-bond acceptors (Lipinski definition) is 5. The molecule has 2 rings (SSSR count). The van der Waals surface area contributed by atoms with Gasteiger partial charge in [-0.1, -0.05) is 12.1 Å². The summed E-state index contributed by atoms with van der Waals surface area (Å²) in [6, 6.07) is 15.0. The minimum absolute atomic E-state index is 0.193. The van der Waals surface area contributed by atoms with Crippen LogP contribution in [0, 0.1) is 11.3 Å². The van der Waals surface area contributed by atoms with Gasteiger partial charge in [-0.25, -0.2) is 4.79 Å². The average molecular weight is 323 g/mol. The Labute approximate surface area is 140 Å². The molecule has 0 radical (unpaired) electrons. The van der Waals surface area contributed by atoms with Gasteiger partial charge in [0, 0.05) is 18.3 Å². The Hall–Kier alpha value is -3.33. The van der Waals surface area contributed by atoms with Gasteiger partial charge in [-0.15, -0.1) is 0 Å². The summed E-state index contributed by atoms with van der Waals surface area (Å²) < 4.78 is 4.86. The second-order valence-corrected chi connectivity index (χ2v) is 5.10. The zero-order valence-electron chi connectivity index (χ0n) is 13.4. The number of carbonyl (C=O) groups excluding carboxylic acids is 2. The Bertz CT molecular complexity index is 779. The Morgan fingerprint density at radius 2 is 1.83 bits per heavy atom. The van der Waals surface area contributed by atoms with Crippen LogP contribution in [-0.4, -0.2) is 19.0 Å². The summed E-state index contributed by atoms with van der Waals surface area (Å²) in [7, 11) is 1.31. The molecule has 0 aliphatic carbocycles. The molecule has 2 N–H and O–H groups in total. The molecule has 0 saturated carbocycles. The summed E-state index contributed by atoms with van der Waals surface area (Å²) in [5.41, 5.74) is 2.45. The van der Waals surface area contributed by atoms with Crippen LogP contribution in [0.5, 0.6) is 0 Å². The van der Waals surface area contributed by atoms with Gasteiger partial charge in [-0.2, -0.15) is 5.26 Å². The molecule has 1 amide bonds. The van der Waals surface area contributed by atoms with Crippen molar-refractivity contribution in [3.05, 3.63) is 59.7 Å². The number of nitrogens with zero attached hydrogens (tertiary/aromatic N) is 1. The van der Waals surface area contributed by atoms with Gasteiger partial charge in [0.05, 0.1) is 18.7 Å². The molecule has 24 heavy (non-hydrogen) atoms. The normalized spacial score (nSPS) is 11.0. The lowest BCUT2D eigenvalue weighted by Crippen LogP contribution is -2.22. The molecule has 6 heteroatoms. The largest absolute Gasteiger partial charge is 0.467 e. The number of ether oxygens (including phenoxy) is 1. The van der Waals surface area contributed by atoms with E-state index >= 15 is 0 Å². The highest BCUT2D eigenvalue weighted by Crippen LogP contribution is 2.24. The number of methoxy groups -OCH3 is 1. The van der Waals surface area contributed by atoms with Gasteiger partial charge in [-0.05, 0) is 42.0 Å². The van der Waals surface area contributed by atoms with Gasteiger partial charge in [0.1, 0.15) is 0 Å². The second-order valence-electron chi connectivity index (χ2n) is 5.10. The fourth-order valence-electron chi connectivity index (χ4n) is 2.20. The summed E-state index contributed by atoms with van der Waals surface area (Å²) in [6.45, 7) is 1.42. The minimum Gasteiger partial charge on any atom is -0.467 e. The molecule has 0 aliphatic heterocycles. The molecule has 6 nitrogen and oxygen atoms in total. The van der Waals surface area contributed by atoms with E-state index in [0.717, 1.165) is 0 Å². The van der Waals surface area contributed by atoms with E-state index in [0.29, 0.717) is 22.5 Å². The number of hydrogen-bond donors (Lipinski definition) is 2. The summed E-state index contributed by atoms with van der Waals surface area (Å²) in [6.07, 6.45) is 0. The zero-order chi connectivity index (χ0) is 17.5. The monoisotopic (exact) mass is 323 g/mol. The first-order valence-electron chi connectivity index (χ1n) is 7.25. The van der Waals surface area contributed by atoms with Crippen molar-refractivity contribution in [3.8, 4) is 6.07 Å². The maximum Gasteiger partial charge on any atom is 0.332 e. The van der Waals surface area contributed by atoms with Gasteiger partial charge in [0.15, 0.2) is 6.04 Å². The number of rotatable bonds is 5. The smallest absolute Gasteiger partial charge is 0.332 e. The molecule has 0 saturated heterocycles. The van der Waals surface area contributed by atoms with Gasteiger partial charge >= 0.3 is 5.97 Å². The average Bonchev–Trinajstić information content (AvgIpc) is 2.59. The molecule has 1 unspecified atom stereocenters. The Balaban J connectivity index is 2.29. The fraction of sp³-hybridized carbons (Fsp3) is 0.167. The molecule has 0 heterocycles. The SMILES string of the molecule is COC(=O)C(Nc1ccc(C#N)cc1)c1cccc(NC(C)=O)c1. The first-order chi connectivity index (χ1) is 11.5. The molecule has 0 spiro atoms. The number of benzene rings is 2. The molecule has 0 bridgehead atoms. The van der Waals surface area contributed by atoms with E-state index in [4.69, 9.17) is 10.00 Å². The fourth-order valence-corrected chi connectivity index (χ4v) is 2.20. The first-order valence-corrected chi connectivity index (χ1v) is 7.25. The van der Waals surface area contributed by atoms with Crippen LogP contribution in [0.4, 0.5) is 11.4 Å². The maximum atomic E-state index is 12.1. The number of anilines is 2. The third kappa shape index (κ3) is 4.34. The summed E-state index contributed by atoms with van der Waals surface area (Å²) >= 11 is 0. The summed E-state index contributed by atoms with van der Waals surface area (Å²) in [5.74, 6) is -0.652. The van der Waals surface area contributed by atoms with Gasteiger partial charge in [0.2, 0.25) is 5.91 Å². The lowest BCUT2D eigenvalue weighted by Gasteiger charge is -2.19. The van der Waals surface area contributed by atoms with Crippen molar-refractivity contribution in [2.45, 2.75) is 13.0 Å². The standard InChI is InChI=1S/C18H17N3O3/c1-12(22)20-16-5-3-4-14(10-16)17(18(23)24-2)21-15-8-6-13(11-19)7-9-15/h3-10,17,21H,1-2H3,(H,20,22). The molecular formula is C18H17N3O3. The van der Waals surface area contributed by atoms with Gasteiger partial charge in [0.25, 0.3) is 0 Å². The van der Waals surface area contributed by atoms with Crippen LogP contribution in [0.2, 0.25) is 0 Å². The van der Waals surface area contributed by atoms with E-state index in [2.05, 4.69) is 10.6 Å². The van der Waals surface area contributed by atoms with Crippen molar-refractivity contribution in [1.82, 2.24) is 0 Å². The van der Waals surface area contributed by atoms with Gasteiger partial charge < -0.3 is 15.4 Å². The predicted molar refractivity (Wildman–Crippen MR) is 90.3 cm³/mol. The number of nitriles is 1.